The Balaban J connectivity index is 1.26. The highest BCUT2D eigenvalue weighted by molar-refractivity contribution is 6.34. The summed E-state index contributed by atoms with van der Waals surface area (Å²) in [7, 11) is 0. The molecule has 24 heteroatoms. The largest absolute Gasteiger partial charge is 0.417 e. The molecule has 0 aromatic heterocycles. The van der Waals surface area contributed by atoms with Crippen LogP contribution in [0.15, 0.2) is 105 Å². The fraction of sp³-hybridized carbons (Fsp3) is 0.182. The predicted molar refractivity (Wildman–Crippen MR) is 243 cm³/mol. The third kappa shape index (κ3) is 13.2. The van der Waals surface area contributed by atoms with Gasteiger partial charge < -0.3 is 21.3 Å². The molecule has 5 rings (SSSR count). The first-order chi connectivity index (χ1) is 31.7. The molecule has 5 aromatic carbocycles. The van der Waals surface area contributed by atoms with Crippen LogP contribution in [0.3, 0.4) is 0 Å². The second-order valence-corrected chi connectivity index (χ2v) is 16.2. The number of aryl methyl sites for hydroxylation is 2. The lowest BCUT2D eigenvalue weighted by Gasteiger charge is -2.17. The van der Waals surface area contributed by atoms with Gasteiger partial charge in [0.1, 0.15) is 11.4 Å². The summed E-state index contributed by atoms with van der Waals surface area (Å²) in [5.74, 6) is -4.90. The van der Waals surface area contributed by atoms with Gasteiger partial charge in [0.05, 0.1) is 31.2 Å². The normalized spacial score (nSPS) is 12.7. The number of Topliss-reactive ketones (excluding diaryl/α,β-unsaturated/α-hetero) is 2. The minimum absolute atomic E-state index is 0.0329. The van der Waals surface area contributed by atoms with Gasteiger partial charge in [-0.25, -0.2) is 0 Å². The van der Waals surface area contributed by atoms with Crippen LogP contribution in [0.1, 0.15) is 56.8 Å². The number of benzene rings is 5. The average molecular weight is 1020 g/mol. The number of alkyl halides is 6. The molecule has 2 atom stereocenters. The van der Waals surface area contributed by atoms with E-state index >= 15 is 0 Å². The maximum atomic E-state index is 13.4. The van der Waals surface area contributed by atoms with Crippen LogP contribution in [-0.4, -0.2) is 47.3 Å². The van der Waals surface area contributed by atoms with Crippen molar-refractivity contribution in [3.8, 4) is 0 Å². The highest BCUT2D eigenvalue weighted by Crippen LogP contribution is 2.38. The molecule has 0 fully saturated rings. The van der Waals surface area contributed by atoms with Crippen LogP contribution >= 0.6 is 46.4 Å². The van der Waals surface area contributed by atoms with Crippen molar-refractivity contribution in [2.75, 3.05) is 21.3 Å². The molecular formula is C44H32Cl4F6N8O6. The van der Waals surface area contributed by atoms with E-state index in [9.17, 15) is 55.1 Å². The highest BCUT2D eigenvalue weighted by Gasteiger charge is 2.34. The minimum Gasteiger partial charge on any atom is -0.324 e. The SMILES string of the molecule is CC(=O)C(N=Nc1cc(C(=O)Nc2ccc(C(F)(F)F)c(Cl)c2)ccc1Cl)C(=O)Nc1cc(C)c(NC(=O)C(N=Nc2cc(C(=O)Nc3ccc(C(F)(F)F)c(Cl)c3)ccc2Cl)C(C)=O)c(C)c1. The molecule has 14 nitrogen and oxygen atoms in total. The number of halogens is 10. The van der Waals surface area contributed by atoms with Crippen molar-refractivity contribution in [2.24, 2.45) is 20.5 Å². The zero-order valence-corrected chi connectivity index (χ0v) is 38.3. The second-order valence-electron chi connectivity index (χ2n) is 14.5. The predicted octanol–water partition coefficient (Wildman–Crippen LogP) is 12.8. The van der Waals surface area contributed by atoms with Crippen LogP contribution in [0.4, 0.5) is 60.5 Å². The van der Waals surface area contributed by atoms with Crippen molar-refractivity contribution in [3.05, 3.63) is 138 Å². The van der Waals surface area contributed by atoms with E-state index in [0.29, 0.717) is 23.3 Å². The Morgan fingerprint density at radius 3 is 1.22 bits per heavy atom. The Hall–Kier alpha value is -6.74. The lowest BCUT2D eigenvalue weighted by molar-refractivity contribution is -0.138. The molecule has 0 saturated heterocycles. The molecule has 0 heterocycles. The molecule has 0 aliphatic carbocycles. The van der Waals surface area contributed by atoms with Crippen LogP contribution in [0, 0.1) is 13.8 Å². The van der Waals surface area contributed by atoms with Crippen LogP contribution in [0.5, 0.6) is 0 Å². The number of nitrogens with zero attached hydrogens (tertiary/aromatic N) is 4. The van der Waals surface area contributed by atoms with Crippen LogP contribution in [0.25, 0.3) is 0 Å². The highest BCUT2D eigenvalue weighted by atomic mass is 35.5. The molecule has 4 N–H and O–H groups in total. The van der Waals surface area contributed by atoms with Gasteiger partial charge in [-0.3, -0.25) is 28.8 Å². The van der Waals surface area contributed by atoms with E-state index in [1.165, 1.54) is 48.5 Å². The lowest BCUT2D eigenvalue weighted by atomic mass is 10.1. The molecule has 0 radical (unpaired) electrons. The van der Waals surface area contributed by atoms with E-state index < -0.39 is 80.8 Å². The van der Waals surface area contributed by atoms with E-state index in [0.717, 1.165) is 38.1 Å². The molecule has 354 valence electrons. The molecule has 0 aliphatic rings. The number of hydrogen-bond donors (Lipinski definition) is 4. The number of carbonyl (C=O) groups is 6. The average Bonchev–Trinajstić information content (AvgIpc) is 3.22. The molecule has 5 aromatic rings. The van der Waals surface area contributed by atoms with Gasteiger partial charge in [0.25, 0.3) is 23.6 Å². The van der Waals surface area contributed by atoms with E-state index in [4.69, 9.17) is 46.4 Å². The minimum atomic E-state index is -4.71. The van der Waals surface area contributed by atoms with Crippen molar-refractivity contribution in [1.82, 2.24) is 0 Å². The first-order valence-corrected chi connectivity index (χ1v) is 20.8. The number of carbonyl (C=O) groups excluding carboxylic acids is 6. The van der Waals surface area contributed by atoms with Crippen molar-refractivity contribution in [3.63, 3.8) is 0 Å². The molecule has 0 saturated carbocycles. The summed E-state index contributed by atoms with van der Waals surface area (Å²) < 4.78 is 78.6. The van der Waals surface area contributed by atoms with E-state index in [2.05, 4.69) is 41.7 Å². The maximum absolute atomic E-state index is 13.4. The first-order valence-electron chi connectivity index (χ1n) is 19.2. The van der Waals surface area contributed by atoms with Gasteiger partial charge in [-0.05, 0) is 124 Å². The zero-order valence-electron chi connectivity index (χ0n) is 35.3. The number of amides is 4. The summed E-state index contributed by atoms with van der Waals surface area (Å²) in [4.78, 5) is 77.8. The van der Waals surface area contributed by atoms with E-state index in [-0.39, 0.29) is 55.3 Å². The smallest absolute Gasteiger partial charge is 0.324 e. The van der Waals surface area contributed by atoms with Gasteiger partial charge >= 0.3 is 12.4 Å². The van der Waals surface area contributed by atoms with Gasteiger partial charge in [-0.1, -0.05) is 46.4 Å². The molecule has 0 bridgehead atoms. The van der Waals surface area contributed by atoms with Crippen molar-refractivity contribution in [1.29, 1.82) is 0 Å². The van der Waals surface area contributed by atoms with Gasteiger partial charge in [0.2, 0.25) is 12.1 Å². The summed E-state index contributed by atoms with van der Waals surface area (Å²) in [6.45, 7) is 5.29. The van der Waals surface area contributed by atoms with E-state index in [1.807, 2.05) is 0 Å². The van der Waals surface area contributed by atoms with Crippen molar-refractivity contribution in [2.45, 2.75) is 52.1 Å². The molecule has 68 heavy (non-hydrogen) atoms. The fourth-order valence-corrected chi connectivity index (χ4v) is 6.91. The van der Waals surface area contributed by atoms with Gasteiger partial charge in [-0.15, -0.1) is 0 Å². The van der Waals surface area contributed by atoms with Gasteiger partial charge in [0, 0.05) is 33.9 Å². The number of hydrogen-bond acceptors (Lipinski definition) is 10. The number of rotatable bonds is 14. The quantitative estimate of drug-likeness (QED) is 0.0484. The lowest BCUT2D eigenvalue weighted by Crippen LogP contribution is -2.33. The van der Waals surface area contributed by atoms with Crippen LogP contribution < -0.4 is 21.3 Å². The van der Waals surface area contributed by atoms with E-state index in [1.54, 1.807) is 13.8 Å². The molecule has 2 unspecified atom stereocenters. The number of azo groups is 2. The van der Waals surface area contributed by atoms with Crippen LogP contribution in [0.2, 0.25) is 20.1 Å². The summed E-state index contributed by atoms with van der Waals surface area (Å²) in [6, 6.07) is 12.2. The summed E-state index contributed by atoms with van der Waals surface area (Å²) >= 11 is 24.0. The summed E-state index contributed by atoms with van der Waals surface area (Å²) in [6.07, 6.45) is -9.42. The zero-order chi connectivity index (χ0) is 50.4. The third-order valence-corrected chi connectivity index (χ3v) is 10.6. The monoisotopic (exact) mass is 1020 g/mol. The maximum Gasteiger partial charge on any atom is 0.417 e. The number of anilines is 4. The topological polar surface area (TPSA) is 200 Å². The van der Waals surface area contributed by atoms with Crippen LogP contribution in [-0.2, 0) is 31.5 Å². The summed E-state index contributed by atoms with van der Waals surface area (Å²) in [5, 5.41) is 24.2. The molecule has 0 spiro atoms. The summed E-state index contributed by atoms with van der Waals surface area (Å²) in [5.41, 5.74) is -1.54. The number of ketones is 2. The Morgan fingerprint density at radius 1 is 0.485 bits per heavy atom. The molecule has 0 aliphatic heterocycles. The number of nitrogens with one attached hydrogen (secondary N) is 4. The van der Waals surface area contributed by atoms with Crippen molar-refractivity contribution >= 4 is 116 Å². The molecular weight excluding hydrogens is 992 g/mol. The van der Waals surface area contributed by atoms with Crippen molar-refractivity contribution < 1.29 is 55.1 Å². The molecule has 4 amide bonds. The Bertz CT molecular complexity index is 2910. The standard InChI is InChI=1S/C44H32Cl4F6N8O6/c1-19-13-27(57-41(67)37(21(3)63)61-59-34-15-23(5-11-30(34)45)39(65)55-25-7-9-28(32(47)17-25)43(49,50)51)14-20(2)36(19)58-42(68)38(22(4)64)62-60-35-16-24(6-12-31(35)46)40(66)56-26-8-10-29(33(48)18-26)44(52,53)54/h5-18,37-38H,1-4H3,(H,55,65)(H,56,66)(H,57,67)(H,58,68). The van der Waals surface area contributed by atoms with Gasteiger partial charge in [-0.2, -0.15) is 46.8 Å². The third-order valence-electron chi connectivity index (χ3n) is 9.36. The second kappa shape index (κ2) is 21.5. The first kappa shape index (κ1) is 52.2. The van der Waals surface area contributed by atoms with Gasteiger partial charge in [0.15, 0.2) is 11.6 Å². The Labute approximate surface area is 401 Å². The fourth-order valence-electron chi connectivity index (χ4n) is 6.02. The Kier molecular flexibility index (Phi) is 16.5. The Morgan fingerprint density at radius 2 is 0.868 bits per heavy atom.